The smallest absolute Gasteiger partial charge is 0.213 e. The van der Waals surface area contributed by atoms with Crippen molar-refractivity contribution in [3.63, 3.8) is 0 Å². The van der Waals surface area contributed by atoms with Gasteiger partial charge in [0, 0.05) is 30.7 Å². The van der Waals surface area contributed by atoms with Crippen molar-refractivity contribution in [2.24, 2.45) is 10.9 Å². The number of pyridine rings is 1. The molecule has 6 nitrogen and oxygen atoms in total. The van der Waals surface area contributed by atoms with Gasteiger partial charge in [-0.3, -0.25) is 9.89 Å². The molecule has 3 rings (SSSR count). The van der Waals surface area contributed by atoms with Gasteiger partial charge < -0.3 is 15.4 Å². The van der Waals surface area contributed by atoms with Gasteiger partial charge in [-0.2, -0.15) is 0 Å². The average molecular weight is 416 g/mol. The van der Waals surface area contributed by atoms with Gasteiger partial charge >= 0.3 is 0 Å². The summed E-state index contributed by atoms with van der Waals surface area (Å²) < 4.78 is 5.19. The van der Waals surface area contributed by atoms with Crippen LogP contribution in [0.3, 0.4) is 0 Å². The predicted octanol–water partition coefficient (Wildman–Crippen LogP) is 3.49. The molecule has 2 aromatic rings. The van der Waals surface area contributed by atoms with Gasteiger partial charge in [0.2, 0.25) is 5.88 Å². The minimum absolute atomic E-state index is 0.341. The summed E-state index contributed by atoms with van der Waals surface area (Å²) in [6.07, 6.45) is 2.36. The highest BCUT2D eigenvalue weighted by Gasteiger charge is 2.30. The van der Waals surface area contributed by atoms with Crippen molar-refractivity contribution in [3.05, 3.63) is 58.7 Å². The van der Waals surface area contributed by atoms with Gasteiger partial charge in [0.25, 0.3) is 0 Å². The monoisotopic (exact) mass is 415 g/mol. The van der Waals surface area contributed by atoms with Crippen LogP contribution >= 0.6 is 11.6 Å². The second kappa shape index (κ2) is 10.5. The number of nitrogens with zero attached hydrogens (tertiary/aromatic N) is 3. The second-order valence-electron chi connectivity index (χ2n) is 7.36. The first-order valence-electron chi connectivity index (χ1n) is 10.0. The van der Waals surface area contributed by atoms with Crippen LogP contribution in [0.1, 0.15) is 30.1 Å². The molecule has 2 unspecified atom stereocenters. The van der Waals surface area contributed by atoms with E-state index in [0.29, 0.717) is 24.4 Å². The van der Waals surface area contributed by atoms with Crippen LogP contribution in [0.2, 0.25) is 5.02 Å². The number of ether oxygens (including phenoxy) is 1. The van der Waals surface area contributed by atoms with Crippen LogP contribution in [0.5, 0.6) is 5.88 Å². The van der Waals surface area contributed by atoms with Crippen LogP contribution in [0, 0.1) is 5.92 Å². The number of aromatic nitrogens is 1. The Bertz CT molecular complexity index is 828. The van der Waals surface area contributed by atoms with Gasteiger partial charge in [0.05, 0.1) is 19.3 Å². The fourth-order valence-electron chi connectivity index (χ4n) is 3.98. The minimum Gasteiger partial charge on any atom is -0.481 e. The van der Waals surface area contributed by atoms with Gasteiger partial charge in [-0.1, -0.05) is 29.8 Å². The zero-order valence-electron chi connectivity index (χ0n) is 17.4. The summed E-state index contributed by atoms with van der Waals surface area (Å²) in [6.45, 7) is 2.52. The lowest BCUT2D eigenvalue weighted by Gasteiger charge is -2.40. The van der Waals surface area contributed by atoms with Crippen molar-refractivity contribution >= 4 is 17.6 Å². The van der Waals surface area contributed by atoms with Crippen LogP contribution in [-0.4, -0.2) is 50.1 Å². The van der Waals surface area contributed by atoms with Gasteiger partial charge in [-0.25, -0.2) is 4.98 Å². The van der Waals surface area contributed by atoms with Crippen molar-refractivity contribution < 1.29 is 4.74 Å². The summed E-state index contributed by atoms with van der Waals surface area (Å²) in [5.41, 5.74) is 2.18. The first kappa shape index (κ1) is 21.4. The molecule has 0 aliphatic carbocycles. The van der Waals surface area contributed by atoms with E-state index >= 15 is 0 Å². The van der Waals surface area contributed by atoms with Crippen molar-refractivity contribution in [2.45, 2.75) is 25.4 Å². The maximum absolute atomic E-state index is 6.25. The Labute approximate surface area is 178 Å². The summed E-state index contributed by atoms with van der Waals surface area (Å²) in [4.78, 5) is 11.2. The Balaban J connectivity index is 1.61. The number of hydrogen-bond acceptors (Lipinski definition) is 4. The number of benzene rings is 1. The van der Waals surface area contributed by atoms with Crippen LogP contribution in [0.15, 0.2) is 47.5 Å². The average Bonchev–Trinajstić information content (AvgIpc) is 2.74. The topological polar surface area (TPSA) is 61.8 Å². The Morgan fingerprint density at radius 1 is 1.28 bits per heavy atom. The van der Waals surface area contributed by atoms with Crippen molar-refractivity contribution in [1.82, 2.24) is 20.5 Å². The maximum Gasteiger partial charge on any atom is 0.213 e. The molecule has 1 aliphatic heterocycles. The third kappa shape index (κ3) is 5.84. The van der Waals surface area contributed by atoms with E-state index in [0.717, 1.165) is 29.8 Å². The molecule has 0 bridgehead atoms. The molecule has 1 fully saturated rings. The van der Waals surface area contributed by atoms with Crippen molar-refractivity contribution in [2.75, 3.05) is 34.3 Å². The molecule has 2 N–H and O–H groups in total. The van der Waals surface area contributed by atoms with E-state index in [2.05, 4.69) is 44.7 Å². The van der Waals surface area contributed by atoms with Gasteiger partial charge in [-0.15, -0.1) is 0 Å². The molecule has 0 amide bonds. The number of aliphatic imine (C=N–C) groups is 1. The molecule has 0 radical (unpaired) electrons. The summed E-state index contributed by atoms with van der Waals surface area (Å²) >= 11 is 6.25. The minimum atomic E-state index is 0.341. The van der Waals surface area contributed by atoms with Crippen LogP contribution in [-0.2, 0) is 6.54 Å². The maximum atomic E-state index is 6.25. The molecule has 1 aromatic heterocycles. The molecular formula is C22H30ClN5O. The Hall–Kier alpha value is -2.31. The molecule has 2 atom stereocenters. The van der Waals surface area contributed by atoms with Crippen LogP contribution in [0.25, 0.3) is 0 Å². The molecule has 29 heavy (non-hydrogen) atoms. The van der Waals surface area contributed by atoms with E-state index in [-0.39, 0.29) is 0 Å². The Morgan fingerprint density at radius 3 is 2.86 bits per heavy atom. The molecule has 156 valence electrons. The van der Waals surface area contributed by atoms with Gasteiger partial charge in [0.15, 0.2) is 5.96 Å². The predicted molar refractivity (Wildman–Crippen MR) is 119 cm³/mol. The largest absolute Gasteiger partial charge is 0.481 e. The SMILES string of the molecule is CN=C(NCc1cccc(OC)n1)NCC1CCCN(C)C1c1cccc(Cl)c1. The van der Waals surface area contributed by atoms with Gasteiger partial charge in [-0.05, 0) is 56.1 Å². The molecule has 1 saturated heterocycles. The molecule has 0 spiro atoms. The molecular weight excluding hydrogens is 386 g/mol. The van der Waals surface area contributed by atoms with E-state index in [1.165, 1.54) is 18.4 Å². The third-order valence-corrected chi connectivity index (χ3v) is 5.62. The number of nitrogens with one attached hydrogen (secondary N) is 2. The number of halogens is 1. The van der Waals surface area contributed by atoms with Crippen LogP contribution < -0.4 is 15.4 Å². The fraction of sp³-hybridized carbons (Fsp3) is 0.455. The highest BCUT2D eigenvalue weighted by atomic mass is 35.5. The standard InChI is InChI=1S/C22H30ClN5O/c1-24-22(26-15-19-10-5-11-20(27-19)29-3)25-14-17-8-6-12-28(2)21(17)16-7-4-9-18(23)13-16/h4-5,7,9-11,13,17,21H,6,8,12,14-15H2,1-3H3,(H2,24,25,26). The second-order valence-corrected chi connectivity index (χ2v) is 7.80. The first-order valence-corrected chi connectivity index (χ1v) is 10.4. The quantitative estimate of drug-likeness (QED) is 0.558. The molecule has 7 heteroatoms. The fourth-order valence-corrected chi connectivity index (χ4v) is 4.18. The highest BCUT2D eigenvalue weighted by Crippen LogP contribution is 2.35. The Kier molecular flexibility index (Phi) is 7.72. The summed E-state index contributed by atoms with van der Waals surface area (Å²) in [5.74, 6) is 1.86. The lowest BCUT2D eigenvalue weighted by molar-refractivity contribution is 0.122. The van der Waals surface area contributed by atoms with E-state index in [4.69, 9.17) is 16.3 Å². The number of methoxy groups -OCH3 is 1. The van der Waals surface area contributed by atoms with E-state index < -0.39 is 0 Å². The zero-order chi connectivity index (χ0) is 20.6. The number of piperidine rings is 1. The highest BCUT2D eigenvalue weighted by molar-refractivity contribution is 6.30. The molecule has 0 saturated carbocycles. The Morgan fingerprint density at radius 2 is 2.10 bits per heavy atom. The van der Waals surface area contributed by atoms with E-state index in [9.17, 15) is 0 Å². The lowest BCUT2D eigenvalue weighted by atomic mass is 9.85. The number of guanidine groups is 1. The molecule has 1 aliphatic rings. The van der Waals surface area contributed by atoms with Crippen molar-refractivity contribution in [1.29, 1.82) is 0 Å². The number of rotatable bonds is 6. The summed E-state index contributed by atoms with van der Waals surface area (Å²) in [7, 11) is 5.60. The van der Waals surface area contributed by atoms with E-state index in [1.54, 1.807) is 14.2 Å². The van der Waals surface area contributed by atoms with Crippen molar-refractivity contribution in [3.8, 4) is 5.88 Å². The lowest BCUT2D eigenvalue weighted by Crippen LogP contribution is -2.44. The van der Waals surface area contributed by atoms with E-state index in [1.807, 2.05) is 30.3 Å². The van der Waals surface area contributed by atoms with Gasteiger partial charge in [0.1, 0.15) is 0 Å². The first-order chi connectivity index (χ1) is 14.1. The summed E-state index contributed by atoms with van der Waals surface area (Å²) in [5, 5.41) is 7.62. The molecule has 2 heterocycles. The third-order valence-electron chi connectivity index (χ3n) is 5.38. The number of hydrogen-bond donors (Lipinski definition) is 2. The van der Waals surface area contributed by atoms with Crippen LogP contribution in [0.4, 0.5) is 0 Å². The normalized spacial score (nSPS) is 20.3. The zero-order valence-corrected chi connectivity index (χ0v) is 18.1. The molecule has 1 aromatic carbocycles. The number of likely N-dealkylation sites (tertiary alicyclic amines) is 1. The summed E-state index contributed by atoms with van der Waals surface area (Å²) in [6, 6.07) is 14.3.